The van der Waals surface area contributed by atoms with Crippen LogP contribution in [0, 0.1) is 6.92 Å². The zero-order valence-electron chi connectivity index (χ0n) is 10.7. The van der Waals surface area contributed by atoms with Gasteiger partial charge in [-0.2, -0.15) is 0 Å². The van der Waals surface area contributed by atoms with Gasteiger partial charge in [0, 0.05) is 19.6 Å². The first-order valence-electron chi connectivity index (χ1n) is 6.43. The third kappa shape index (κ3) is 2.89. The molecule has 4 heteroatoms. The standard InChI is InChI=1S/C14H20N2O2/c1-11-5-2-3-6-12(11)13(14(17)18)16-9-4-7-15-8-10-16/h2-3,5-6,13,15H,4,7-10H2,1H3,(H,17,18). The minimum atomic E-state index is -0.758. The maximum absolute atomic E-state index is 11.6. The van der Waals surface area contributed by atoms with Crippen molar-refractivity contribution in [1.82, 2.24) is 10.2 Å². The van der Waals surface area contributed by atoms with Gasteiger partial charge >= 0.3 is 5.97 Å². The molecule has 1 aromatic carbocycles. The van der Waals surface area contributed by atoms with E-state index in [0.29, 0.717) is 0 Å². The van der Waals surface area contributed by atoms with Crippen LogP contribution in [0.3, 0.4) is 0 Å². The number of hydrogen-bond donors (Lipinski definition) is 2. The number of nitrogens with one attached hydrogen (secondary N) is 1. The lowest BCUT2D eigenvalue weighted by Crippen LogP contribution is -2.37. The first-order valence-corrected chi connectivity index (χ1v) is 6.43. The van der Waals surface area contributed by atoms with Gasteiger partial charge in [0.1, 0.15) is 6.04 Å². The lowest BCUT2D eigenvalue weighted by Gasteiger charge is -2.28. The van der Waals surface area contributed by atoms with Gasteiger partial charge in [-0.05, 0) is 31.0 Å². The van der Waals surface area contributed by atoms with Crippen molar-refractivity contribution >= 4 is 5.97 Å². The van der Waals surface area contributed by atoms with Crippen LogP contribution in [0.1, 0.15) is 23.6 Å². The van der Waals surface area contributed by atoms with Gasteiger partial charge in [0.2, 0.25) is 0 Å². The number of nitrogens with zero attached hydrogens (tertiary/aromatic N) is 1. The Morgan fingerprint density at radius 3 is 2.83 bits per heavy atom. The zero-order chi connectivity index (χ0) is 13.0. The van der Waals surface area contributed by atoms with Gasteiger partial charge in [-0.1, -0.05) is 24.3 Å². The molecule has 1 fully saturated rings. The van der Waals surface area contributed by atoms with Crippen LogP contribution < -0.4 is 5.32 Å². The Kier molecular flexibility index (Phi) is 4.33. The summed E-state index contributed by atoms with van der Waals surface area (Å²) in [7, 11) is 0. The molecule has 1 aliphatic rings. The van der Waals surface area contributed by atoms with Gasteiger partial charge in [-0.3, -0.25) is 9.69 Å². The topological polar surface area (TPSA) is 52.6 Å². The molecule has 18 heavy (non-hydrogen) atoms. The van der Waals surface area contributed by atoms with Crippen LogP contribution >= 0.6 is 0 Å². The van der Waals surface area contributed by atoms with Gasteiger partial charge in [0.25, 0.3) is 0 Å². The molecule has 1 aromatic rings. The highest BCUT2D eigenvalue weighted by Crippen LogP contribution is 2.24. The van der Waals surface area contributed by atoms with Crippen molar-refractivity contribution in [1.29, 1.82) is 0 Å². The van der Waals surface area contributed by atoms with Crippen molar-refractivity contribution in [2.45, 2.75) is 19.4 Å². The second kappa shape index (κ2) is 5.98. The molecule has 0 bridgehead atoms. The first-order chi connectivity index (χ1) is 8.70. The molecule has 1 unspecified atom stereocenters. The number of aliphatic carboxylic acids is 1. The average molecular weight is 248 g/mol. The SMILES string of the molecule is Cc1ccccc1C(C(=O)O)N1CCCNCC1. The van der Waals surface area contributed by atoms with E-state index >= 15 is 0 Å². The van der Waals surface area contributed by atoms with Crippen molar-refractivity contribution in [2.75, 3.05) is 26.2 Å². The molecule has 0 aliphatic carbocycles. The maximum Gasteiger partial charge on any atom is 0.325 e. The second-order valence-electron chi connectivity index (χ2n) is 4.74. The van der Waals surface area contributed by atoms with Crippen molar-refractivity contribution in [3.8, 4) is 0 Å². The number of hydrogen-bond acceptors (Lipinski definition) is 3. The quantitative estimate of drug-likeness (QED) is 0.849. The highest BCUT2D eigenvalue weighted by Gasteiger charge is 2.28. The fourth-order valence-electron chi connectivity index (χ4n) is 2.50. The number of carboxylic acid groups (broad SMARTS) is 1. The lowest BCUT2D eigenvalue weighted by molar-refractivity contribution is -0.143. The third-order valence-electron chi connectivity index (χ3n) is 3.46. The molecule has 1 heterocycles. The normalized spacial score (nSPS) is 19.2. The Morgan fingerprint density at radius 1 is 1.33 bits per heavy atom. The molecule has 0 radical (unpaired) electrons. The molecule has 0 spiro atoms. The van der Waals surface area contributed by atoms with Gasteiger partial charge in [-0.25, -0.2) is 0 Å². The van der Waals surface area contributed by atoms with E-state index in [-0.39, 0.29) is 0 Å². The first kappa shape index (κ1) is 13.1. The number of aryl methyl sites for hydroxylation is 1. The number of rotatable bonds is 3. The summed E-state index contributed by atoms with van der Waals surface area (Å²) in [6.45, 7) is 5.41. The van der Waals surface area contributed by atoms with Crippen LogP contribution in [0.5, 0.6) is 0 Å². The lowest BCUT2D eigenvalue weighted by atomic mass is 10.00. The number of carbonyl (C=O) groups is 1. The van der Waals surface area contributed by atoms with Crippen LogP contribution in [0.15, 0.2) is 24.3 Å². The van der Waals surface area contributed by atoms with E-state index in [0.717, 1.165) is 43.7 Å². The average Bonchev–Trinajstić information content (AvgIpc) is 2.60. The molecular weight excluding hydrogens is 228 g/mol. The Morgan fingerprint density at radius 2 is 2.11 bits per heavy atom. The van der Waals surface area contributed by atoms with Gasteiger partial charge in [-0.15, -0.1) is 0 Å². The summed E-state index contributed by atoms with van der Waals surface area (Å²) in [5.41, 5.74) is 1.95. The summed E-state index contributed by atoms with van der Waals surface area (Å²) in [5.74, 6) is -0.758. The third-order valence-corrected chi connectivity index (χ3v) is 3.46. The van der Waals surface area contributed by atoms with Crippen LogP contribution in [-0.2, 0) is 4.79 Å². The molecule has 0 amide bonds. The summed E-state index contributed by atoms with van der Waals surface area (Å²) in [6.07, 6.45) is 0.996. The van der Waals surface area contributed by atoms with E-state index in [4.69, 9.17) is 0 Å². The Balaban J connectivity index is 2.27. The van der Waals surface area contributed by atoms with Gasteiger partial charge < -0.3 is 10.4 Å². The van der Waals surface area contributed by atoms with E-state index in [1.54, 1.807) is 0 Å². The van der Waals surface area contributed by atoms with Crippen molar-refractivity contribution in [3.63, 3.8) is 0 Å². The van der Waals surface area contributed by atoms with Crippen molar-refractivity contribution in [3.05, 3.63) is 35.4 Å². The molecule has 98 valence electrons. The predicted octanol–water partition coefficient (Wildman–Crippen LogP) is 1.42. The van der Waals surface area contributed by atoms with E-state index in [1.165, 1.54) is 0 Å². The largest absolute Gasteiger partial charge is 0.480 e. The molecule has 4 nitrogen and oxygen atoms in total. The fraction of sp³-hybridized carbons (Fsp3) is 0.500. The van der Waals surface area contributed by atoms with Crippen LogP contribution in [-0.4, -0.2) is 42.2 Å². The predicted molar refractivity (Wildman–Crippen MR) is 70.6 cm³/mol. The molecule has 1 atom stereocenters. The van der Waals surface area contributed by atoms with Gasteiger partial charge in [0.15, 0.2) is 0 Å². The molecule has 2 rings (SSSR count). The molecular formula is C14H20N2O2. The van der Waals surface area contributed by atoms with Crippen LogP contribution in [0.25, 0.3) is 0 Å². The number of carboxylic acids is 1. The van der Waals surface area contributed by atoms with Crippen LogP contribution in [0.4, 0.5) is 0 Å². The van der Waals surface area contributed by atoms with E-state index < -0.39 is 12.0 Å². The fourth-order valence-corrected chi connectivity index (χ4v) is 2.50. The van der Waals surface area contributed by atoms with E-state index in [2.05, 4.69) is 10.2 Å². The molecule has 1 saturated heterocycles. The van der Waals surface area contributed by atoms with E-state index in [9.17, 15) is 9.90 Å². The summed E-state index contributed by atoms with van der Waals surface area (Å²) in [6, 6.07) is 7.23. The van der Waals surface area contributed by atoms with Crippen molar-refractivity contribution < 1.29 is 9.90 Å². The Hall–Kier alpha value is -1.39. The second-order valence-corrected chi connectivity index (χ2v) is 4.74. The number of benzene rings is 1. The summed E-state index contributed by atoms with van der Waals surface area (Å²) < 4.78 is 0. The summed E-state index contributed by atoms with van der Waals surface area (Å²) in [4.78, 5) is 13.7. The Labute approximate surface area is 108 Å². The van der Waals surface area contributed by atoms with E-state index in [1.807, 2.05) is 31.2 Å². The van der Waals surface area contributed by atoms with Crippen molar-refractivity contribution in [2.24, 2.45) is 0 Å². The monoisotopic (exact) mass is 248 g/mol. The minimum Gasteiger partial charge on any atom is -0.480 e. The van der Waals surface area contributed by atoms with Gasteiger partial charge in [0.05, 0.1) is 0 Å². The molecule has 0 saturated carbocycles. The Bertz CT molecular complexity index is 412. The highest BCUT2D eigenvalue weighted by atomic mass is 16.4. The highest BCUT2D eigenvalue weighted by molar-refractivity contribution is 5.76. The molecule has 2 N–H and O–H groups in total. The molecule has 0 aromatic heterocycles. The summed E-state index contributed by atoms with van der Waals surface area (Å²) in [5, 5.41) is 12.8. The minimum absolute atomic E-state index is 0.522. The summed E-state index contributed by atoms with van der Waals surface area (Å²) >= 11 is 0. The smallest absolute Gasteiger partial charge is 0.325 e. The maximum atomic E-state index is 11.6. The zero-order valence-corrected chi connectivity index (χ0v) is 10.7. The molecule has 1 aliphatic heterocycles. The van der Waals surface area contributed by atoms with Crippen LogP contribution in [0.2, 0.25) is 0 Å².